The molecule has 0 aliphatic carbocycles. The number of hydrogen-bond donors (Lipinski definition) is 1. The number of fused-ring (bicyclic) bond motifs is 1. The Morgan fingerprint density at radius 1 is 1.23 bits per heavy atom. The fourth-order valence-electron chi connectivity index (χ4n) is 2.75. The van der Waals surface area contributed by atoms with Crippen LogP contribution in [0, 0.1) is 5.82 Å². The molecular formula is C18H19FO3. The van der Waals surface area contributed by atoms with Crippen molar-refractivity contribution in [2.75, 3.05) is 0 Å². The summed E-state index contributed by atoms with van der Waals surface area (Å²) >= 11 is 0. The Morgan fingerprint density at radius 2 is 2.00 bits per heavy atom. The number of ether oxygens (including phenoxy) is 2. The summed E-state index contributed by atoms with van der Waals surface area (Å²) in [6, 6.07) is 11.9. The molecule has 0 fully saturated rings. The average molecular weight is 302 g/mol. The second kappa shape index (κ2) is 5.61. The molecule has 0 saturated heterocycles. The summed E-state index contributed by atoms with van der Waals surface area (Å²) in [5.41, 5.74) is 0.696. The monoisotopic (exact) mass is 302 g/mol. The lowest BCUT2D eigenvalue weighted by atomic mass is 9.91. The maximum atomic E-state index is 13.7. The van der Waals surface area contributed by atoms with E-state index in [4.69, 9.17) is 9.47 Å². The van der Waals surface area contributed by atoms with Crippen molar-refractivity contribution >= 4 is 0 Å². The van der Waals surface area contributed by atoms with E-state index in [0.717, 1.165) is 0 Å². The van der Waals surface area contributed by atoms with E-state index in [9.17, 15) is 9.50 Å². The summed E-state index contributed by atoms with van der Waals surface area (Å²) < 4.78 is 25.3. The second-order valence-electron chi connectivity index (χ2n) is 6.13. The Morgan fingerprint density at radius 3 is 2.77 bits per heavy atom. The average Bonchev–Trinajstić information content (AvgIpc) is 2.44. The van der Waals surface area contributed by atoms with E-state index in [2.05, 4.69) is 0 Å². The number of benzene rings is 2. The van der Waals surface area contributed by atoms with Crippen LogP contribution in [0.3, 0.4) is 0 Å². The van der Waals surface area contributed by atoms with E-state index < -0.39 is 11.7 Å². The summed E-state index contributed by atoms with van der Waals surface area (Å²) in [5, 5.41) is 10.4. The summed E-state index contributed by atoms with van der Waals surface area (Å²) in [4.78, 5) is 0. The summed E-state index contributed by atoms with van der Waals surface area (Å²) in [7, 11) is 0. The second-order valence-corrected chi connectivity index (χ2v) is 6.13. The van der Waals surface area contributed by atoms with E-state index in [1.165, 1.54) is 6.07 Å². The van der Waals surface area contributed by atoms with Crippen molar-refractivity contribution in [3.05, 3.63) is 59.4 Å². The van der Waals surface area contributed by atoms with E-state index in [1.54, 1.807) is 24.3 Å². The lowest BCUT2D eigenvalue weighted by Crippen LogP contribution is -2.35. The highest BCUT2D eigenvalue weighted by Crippen LogP contribution is 2.44. The van der Waals surface area contributed by atoms with Crippen LogP contribution in [-0.4, -0.2) is 10.7 Å². The van der Waals surface area contributed by atoms with E-state index in [1.807, 2.05) is 26.0 Å². The van der Waals surface area contributed by atoms with Crippen molar-refractivity contribution in [2.45, 2.75) is 38.6 Å². The molecule has 116 valence electrons. The number of aliphatic hydroxyl groups is 1. The first-order valence-corrected chi connectivity index (χ1v) is 7.32. The van der Waals surface area contributed by atoms with Crippen LogP contribution in [0.1, 0.15) is 37.5 Å². The van der Waals surface area contributed by atoms with Gasteiger partial charge in [-0.3, -0.25) is 0 Å². The summed E-state index contributed by atoms with van der Waals surface area (Å²) in [6.45, 7) is 3.98. The number of rotatable bonds is 3. The molecular weight excluding hydrogens is 283 g/mol. The van der Waals surface area contributed by atoms with Gasteiger partial charge in [0.15, 0.2) is 0 Å². The summed E-state index contributed by atoms with van der Waals surface area (Å²) in [5.74, 6) is 0.851. The quantitative estimate of drug-likeness (QED) is 0.931. The molecule has 2 aromatic carbocycles. The Hall–Kier alpha value is -2.07. The van der Waals surface area contributed by atoms with Gasteiger partial charge in [-0.15, -0.1) is 0 Å². The van der Waals surface area contributed by atoms with Gasteiger partial charge in [-0.25, -0.2) is 4.39 Å². The molecule has 1 N–H and O–H groups in total. The minimum absolute atomic E-state index is 0.110. The molecule has 4 heteroatoms. The van der Waals surface area contributed by atoms with Crippen LogP contribution in [0.4, 0.5) is 4.39 Å². The third-order valence-electron chi connectivity index (χ3n) is 3.77. The van der Waals surface area contributed by atoms with Crippen LogP contribution in [-0.2, 0) is 6.61 Å². The van der Waals surface area contributed by atoms with Crippen LogP contribution in [0.2, 0.25) is 0 Å². The zero-order valence-electron chi connectivity index (χ0n) is 12.7. The smallest absolute Gasteiger partial charge is 0.129 e. The number of aliphatic hydroxyl groups excluding tert-OH is 1. The molecule has 0 radical (unpaired) electrons. The molecule has 3 rings (SSSR count). The third kappa shape index (κ3) is 2.92. The van der Waals surface area contributed by atoms with Gasteiger partial charge >= 0.3 is 0 Å². The molecule has 1 aliphatic heterocycles. The molecule has 3 nitrogen and oxygen atoms in total. The van der Waals surface area contributed by atoms with Gasteiger partial charge in [0, 0.05) is 12.0 Å². The Balaban J connectivity index is 1.86. The molecule has 0 unspecified atom stereocenters. The maximum Gasteiger partial charge on any atom is 0.129 e. The molecule has 0 amide bonds. The van der Waals surface area contributed by atoms with E-state index in [-0.39, 0.29) is 12.4 Å². The molecule has 1 heterocycles. The van der Waals surface area contributed by atoms with Gasteiger partial charge in [-0.05, 0) is 32.0 Å². The maximum absolute atomic E-state index is 13.7. The van der Waals surface area contributed by atoms with Gasteiger partial charge in [0.1, 0.15) is 29.5 Å². The van der Waals surface area contributed by atoms with Crippen molar-refractivity contribution in [1.29, 1.82) is 0 Å². The highest BCUT2D eigenvalue weighted by atomic mass is 19.1. The van der Waals surface area contributed by atoms with E-state index in [0.29, 0.717) is 29.0 Å². The minimum Gasteiger partial charge on any atom is -0.488 e. The normalized spacial score (nSPS) is 19.2. The Labute approximate surface area is 129 Å². The van der Waals surface area contributed by atoms with Crippen molar-refractivity contribution in [3.8, 4) is 11.5 Å². The van der Waals surface area contributed by atoms with Gasteiger partial charge in [0.2, 0.25) is 0 Å². The van der Waals surface area contributed by atoms with Gasteiger partial charge in [-0.1, -0.05) is 24.3 Å². The van der Waals surface area contributed by atoms with Crippen LogP contribution < -0.4 is 9.47 Å². The first-order valence-electron chi connectivity index (χ1n) is 7.32. The lowest BCUT2D eigenvalue weighted by molar-refractivity contribution is 0.00948. The summed E-state index contributed by atoms with van der Waals surface area (Å²) in [6.07, 6.45) is -0.171. The first-order chi connectivity index (χ1) is 10.5. The van der Waals surface area contributed by atoms with Gasteiger partial charge in [0.25, 0.3) is 0 Å². The van der Waals surface area contributed by atoms with Gasteiger partial charge in [-0.2, -0.15) is 0 Å². The molecule has 22 heavy (non-hydrogen) atoms. The molecule has 2 aromatic rings. The molecule has 1 aliphatic rings. The van der Waals surface area contributed by atoms with Crippen molar-refractivity contribution < 1.29 is 19.0 Å². The molecule has 0 bridgehead atoms. The highest BCUT2D eigenvalue weighted by molar-refractivity contribution is 5.48. The minimum atomic E-state index is -0.657. The van der Waals surface area contributed by atoms with Crippen molar-refractivity contribution in [3.63, 3.8) is 0 Å². The zero-order valence-corrected chi connectivity index (χ0v) is 12.7. The van der Waals surface area contributed by atoms with Crippen LogP contribution in [0.15, 0.2) is 42.5 Å². The van der Waals surface area contributed by atoms with Gasteiger partial charge in [0.05, 0.1) is 11.7 Å². The van der Waals surface area contributed by atoms with Crippen molar-refractivity contribution in [2.24, 2.45) is 0 Å². The van der Waals surface area contributed by atoms with Crippen molar-refractivity contribution in [1.82, 2.24) is 0 Å². The number of halogens is 1. The van der Waals surface area contributed by atoms with Gasteiger partial charge < -0.3 is 14.6 Å². The largest absolute Gasteiger partial charge is 0.488 e. The zero-order chi connectivity index (χ0) is 15.7. The molecule has 0 aromatic heterocycles. The first kappa shape index (κ1) is 14.9. The SMILES string of the molecule is CC1(C)C[C@@H](O)c2c(OCc3ccccc3F)cccc2O1. The molecule has 0 saturated carbocycles. The number of hydrogen-bond acceptors (Lipinski definition) is 3. The van der Waals surface area contributed by atoms with Crippen LogP contribution >= 0.6 is 0 Å². The standard InChI is InChI=1S/C18H19FO3/c1-18(2)10-14(20)17-15(8-5-9-16(17)22-18)21-11-12-6-3-4-7-13(12)19/h3-9,14,20H,10-11H2,1-2H3/t14-/m1/s1. The lowest BCUT2D eigenvalue weighted by Gasteiger charge is -2.36. The topological polar surface area (TPSA) is 38.7 Å². The van der Waals surface area contributed by atoms with Crippen LogP contribution in [0.5, 0.6) is 11.5 Å². The predicted molar refractivity (Wildman–Crippen MR) is 81.5 cm³/mol. The fraction of sp³-hybridized carbons (Fsp3) is 0.333. The Bertz CT molecular complexity index is 682. The van der Waals surface area contributed by atoms with Crippen LogP contribution in [0.25, 0.3) is 0 Å². The predicted octanol–water partition coefficient (Wildman–Crippen LogP) is 4.00. The highest BCUT2D eigenvalue weighted by Gasteiger charge is 2.34. The molecule has 0 spiro atoms. The molecule has 1 atom stereocenters. The Kier molecular flexibility index (Phi) is 3.79. The third-order valence-corrected chi connectivity index (χ3v) is 3.77. The van der Waals surface area contributed by atoms with E-state index >= 15 is 0 Å². The fourth-order valence-corrected chi connectivity index (χ4v) is 2.75.